The smallest absolute Gasteiger partial charge is 0.350 e. The van der Waals surface area contributed by atoms with Crippen molar-refractivity contribution in [3.05, 3.63) is 80.0 Å². The van der Waals surface area contributed by atoms with Crippen LogP contribution in [0.15, 0.2) is 52.1 Å². The molecule has 1 amide bonds. The van der Waals surface area contributed by atoms with E-state index in [9.17, 15) is 14.4 Å². The molecule has 2 aromatic carbocycles. The molecule has 0 aliphatic carbocycles. The Morgan fingerprint density at radius 1 is 1.06 bits per heavy atom. The molecule has 0 aliphatic heterocycles. The van der Waals surface area contributed by atoms with Crippen LogP contribution < -0.4 is 16.6 Å². The second-order valence-corrected chi connectivity index (χ2v) is 9.56. The lowest BCUT2D eigenvalue weighted by molar-refractivity contribution is 0.0943. The molecule has 2 heterocycles. The summed E-state index contributed by atoms with van der Waals surface area (Å²) in [5.41, 5.74) is 2.25. The van der Waals surface area contributed by atoms with Crippen molar-refractivity contribution in [2.24, 2.45) is 5.92 Å². The minimum absolute atomic E-state index is 0.0351. The summed E-state index contributed by atoms with van der Waals surface area (Å²) in [5, 5.41) is 7.82. The second-order valence-electron chi connectivity index (χ2n) is 9.56. The van der Waals surface area contributed by atoms with Crippen LogP contribution in [0.25, 0.3) is 16.7 Å². The van der Waals surface area contributed by atoms with Crippen LogP contribution in [0.1, 0.15) is 55.6 Å². The summed E-state index contributed by atoms with van der Waals surface area (Å²) in [6.07, 6.45) is 0.773. The average molecular weight is 462 g/mol. The highest BCUT2D eigenvalue weighted by molar-refractivity contribution is 5.98. The number of rotatable bonds is 7. The molecule has 0 spiro atoms. The van der Waals surface area contributed by atoms with E-state index in [1.807, 2.05) is 45.0 Å². The Morgan fingerprint density at radius 2 is 1.82 bits per heavy atom. The summed E-state index contributed by atoms with van der Waals surface area (Å²) in [6.45, 7) is 10.7. The SMILES string of the molecule is Cc1cccc(Cn2nc3n(CCC(C)C)c(=O)c4ccc(C(=O)NC(C)C)cc4n3c2=O)c1. The first kappa shape index (κ1) is 23.5. The first-order chi connectivity index (χ1) is 16.2. The summed E-state index contributed by atoms with van der Waals surface area (Å²) < 4.78 is 4.42. The fraction of sp³-hybridized carbons (Fsp3) is 0.385. The standard InChI is InChI=1S/C26H31N5O3/c1-16(2)11-12-29-24(33)21-10-9-20(23(32)27-17(3)4)14-22(21)31-25(29)28-30(26(31)34)15-19-8-6-7-18(5)13-19/h6-10,13-14,16-17H,11-12,15H2,1-5H3,(H,27,32). The lowest BCUT2D eigenvalue weighted by Gasteiger charge is -2.12. The van der Waals surface area contributed by atoms with E-state index < -0.39 is 0 Å². The van der Waals surface area contributed by atoms with Crippen molar-refractivity contribution in [1.82, 2.24) is 24.1 Å². The number of hydrogen-bond donors (Lipinski definition) is 1. The van der Waals surface area contributed by atoms with E-state index in [4.69, 9.17) is 0 Å². The number of aromatic nitrogens is 4. The first-order valence-electron chi connectivity index (χ1n) is 11.7. The van der Waals surface area contributed by atoms with E-state index in [1.165, 1.54) is 9.08 Å². The maximum absolute atomic E-state index is 13.5. The fourth-order valence-electron chi connectivity index (χ4n) is 4.08. The van der Waals surface area contributed by atoms with E-state index in [0.717, 1.165) is 17.5 Å². The lowest BCUT2D eigenvalue weighted by atomic mass is 10.1. The molecule has 0 aliphatic rings. The van der Waals surface area contributed by atoms with E-state index in [2.05, 4.69) is 24.3 Å². The van der Waals surface area contributed by atoms with Crippen molar-refractivity contribution in [1.29, 1.82) is 0 Å². The van der Waals surface area contributed by atoms with Gasteiger partial charge in [0.05, 0.1) is 17.4 Å². The molecule has 1 N–H and O–H groups in total. The maximum atomic E-state index is 13.5. The Morgan fingerprint density at radius 3 is 2.50 bits per heavy atom. The molecule has 0 saturated carbocycles. The van der Waals surface area contributed by atoms with Gasteiger partial charge in [-0.1, -0.05) is 43.7 Å². The molecule has 34 heavy (non-hydrogen) atoms. The van der Waals surface area contributed by atoms with Crippen LogP contribution in [0.5, 0.6) is 0 Å². The topological polar surface area (TPSA) is 90.4 Å². The average Bonchev–Trinajstić information content (AvgIpc) is 3.08. The van der Waals surface area contributed by atoms with Crippen LogP contribution in [0.4, 0.5) is 0 Å². The molecule has 0 fully saturated rings. The van der Waals surface area contributed by atoms with Crippen molar-refractivity contribution in [3.8, 4) is 0 Å². The number of amides is 1. The van der Waals surface area contributed by atoms with Gasteiger partial charge in [0, 0.05) is 18.2 Å². The zero-order valence-corrected chi connectivity index (χ0v) is 20.3. The second kappa shape index (κ2) is 9.29. The van der Waals surface area contributed by atoms with Crippen LogP contribution >= 0.6 is 0 Å². The molecular formula is C26H31N5O3. The van der Waals surface area contributed by atoms with Gasteiger partial charge in [0.1, 0.15) is 0 Å². The number of nitrogens with one attached hydrogen (secondary N) is 1. The van der Waals surface area contributed by atoms with Crippen molar-refractivity contribution in [2.75, 3.05) is 0 Å². The van der Waals surface area contributed by atoms with Gasteiger partial charge in [-0.15, -0.1) is 5.10 Å². The molecule has 4 aromatic rings. The van der Waals surface area contributed by atoms with Gasteiger partial charge < -0.3 is 5.32 Å². The monoisotopic (exact) mass is 461 g/mol. The Hall–Kier alpha value is -3.68. The van der Waals surface area contributed by atoms with Gasteiger partial charge in [-0.2, -0.15) is 0 Å². The van der Waals surface area contributed by atoms with Crippen LogP contribution in [-0.4, -0.2) is 30.7 Å². The molecule has 8 heteroatoms. The van der Waals surface area contributed by atoms with Gasteiger partial charge in [-0.05, 0) is 56.9 Å². The van der Waals surface area contributed by atoms with E-state index in [1.54, 1.807) is 22.8 Å². The van der Waals surface area contributed by atoms with Crippen LogP contribution in [0.3, 0.4) is 0 Å². The van der Waals surface area contributed by atoms with Crippen molar-refractivity contribution >= 4 is 22.6 Å². The largest absolute Gasteiger partial charge is 0.352 e. The van der Waals surface area contributed by atoms with Crippen LogP contribution in [0, 0.1) is 12.8 Å². The highest BCUT2D eigenvalue weighted by Gasteiger charge is 2.19. The molecule has 2 aromatic heterocycles. The third kappa shape index (κ3) is 4.53. The third-order valence-electron chi connectivity index (χ3n) is 5.80. The Bertz CT molecular complexity index is 1490. The van der Waals surface area contributed by atoms with E-state index >= 15 is 0 Å². The quantitative estimate of drug-likeness (QED) is 0.457. The minimum atomic E-state index is -0.346. The number of nitrogens with zero attached hydrogens (tertiary/aromatic N) is 4. The van der Waals surface area contributed by atoms with E-state index in [-0.39, 0.29) is 35.5 Å². The Kier molecular flexibility index (Phi) is 6.41. The first-order valence-corrected chi connectivity index (χ1v) is 11.7. The fourth-order valence-corrected chi connectivity index (χ4v) is 4.08. The van der Waals surface area contributed by atoms with Gasteiger partial charge in [0.15, 0.2) is 0 Å². The zero-order chi connectivity index (χ0) is 24.6. The van der Waals surface area contributed by atoms with Gasteiger partial charge in [0.2, 0.25) is 5.78 Å². The molecule has 4 rings (SSSR count). The van der Waals surface area contributed by atoms with Gasteiger partial charge >= 0.3 is 5.69 Å². The number of carbonyl (C=O) groups excluding carboxylic acids is 1. The summed E-state index contributed by atoms with van der Waals surface area (Å²) in [6, 6.07) is 12.7. The van der Waals surface area contributed by atoms with Gasteiger partial charge in [-0.3, -0.25) is 14.2 Å². The number of hydrogen-bond acceptors (Lipinski definition) is 4. The van der Waals surface area contributed by atoms with Crippen molar-refractivity contribution in [3.63, 3.8) is 0 Å². The van der Waals surface area contributed by atoms with Gasteiger partial charge in [0.25, 0.3) is 11.5 Å². The zero-order valence-electron chi connectivity index (χ0n) is 20.3. The highest BCUT2D eigenvalue weighted by atomic mass is 16.2. The third-order valence-corrected chi connectivity index (χ3v) is 5.80. The normalized spacial score (nSPS) is 11.7. The number of benzene rings is 2. The molecule has 8 nitrogen and oxygen atoms in total. The van der Waals surface area contributed by atoms with Crippen LogP contribution in [0.2, 0.25) is 0 Å². The number of carbonyl (C=O) groups is 1. The van der Waals surface area contributed by atoms with E-state index in [0.29, 0.717) is 28.9 Å². The minimum Gasteiger partial charge on any atom is -0.350 e. The molecule has 0 bridgehead atoms. The summed E-state index contributed by atoms with van der Waals surface area (Å²) >= 11 is 0. The highest BCUT2D eigenvalue weighted by Crippen LogP contribution is 2.16. The Labute approximate surface area is 197 Å². The van der Waals surface area contributed by atoms with Crippen molar-refractivity contribution in [2.45, 2.75) is 60.2 Å². The van der Waals surface area contributed by atoms with Crippen molar-refractivity contribution < 1.29 is 4.79 Å². The predicted molar refractivity (Wildman–Crippen MR) is 134 cm³/mol. The predicted octanol–water partition coefficient (Wildman–Crippen LogP) is 3.35. The van der Waals surface area contributed by atoms with Crippen LogP contribution in [-0.2, 0) is 13.1 Å². The molecule has 178 valence electrons. The molecule has 0 atom stereocenters. The molecule has 0 saturated heterocycles. The summed E-state index contributed by atoms with van der Waals surface area (Å²) in [4.78, 5) is 39.6. The molecular weight excluding hydrogens is 430 g/mol. The Balaban J connectivity index is 1.96. The number of aryl methyl sites for hydroxylation is 2. The summed E-state index contributed by atoms with van der Waals surface area (Å²) in [7, 11) is 0. The maximum Gasteiger partial charge on any atom is 0.352 e. The lowest BCUT2D eigenvalue weighted by Crippen LogP contribution is -2.30. The summed E-state index contributed by atoms with van der Waals surface area (Å²) in [5.74, 6) is 0.414. The van der Waals surface area contributed by atoms with Gasteiger partial charge in [-0.25, -0.2) is 13.9 Å². The molecule has 0 unspecified atom stereocenters. The number of fused-ring (bicyclic) bond motifs is 3. The molecule has 0 radical (unpaired) electrons.